The third-order valence-electron chi connectivity index (χ3n) is 2.78. The molecule has 1 aromatic carbocycles. The predicted molar refractivity (Wildman–Crippen MR) is 80.3 cm³/mol. The van der Waals surface area contributed by atoms with Crippen LogP contribution in [0.1, 0.15) is 28.7 Å². The van der Waals surface area contributed by atoms with Crippen LogP contribution < -0.4 is 5.11 Å². The normalized spacial score (nSPS) is 11.3. The van der Waals surface area contributed by atoms with Gasteiger partial charge in [-0.25, -0.2) is 4.79 Å². The summed E-state index contributed by atoms with van der Waals surface area (Å²) in [5, 5.41) is 18.9. The summed E-state index contributed by atoms with van der Waals surface area (Å²) in [6.45, 7) is 1.85. The number of carboxylic acids is 1. The van der Waals surface area contributed by atoms with Crippen LogP contribution in [0.4, 0.5) is 0 Å². The Kier molecular flexibility index (Phi) is 5.53. The lowest BCUT2D eigenvalue weighted by atomic mass is 10.1. The maximum atomic E-state index is 11.4. The van der Waals surface area contributed by atoms with Gasteiger partial charge in [-0.3, -0.25) is 0 Å². The van der Waals surface area contributed by atoms with Crippen LogP contribution >= 0.6 is 11.8 Å². The molecule has 0 atom stereocenters. The van der Waals surface area contributed by atoms with E-state index < -0.39 is 11.9 Å². The highest BCUT2D eigenvalue weighted by Crippen LogP contribution is 2.27. The number of hydrogen-bond acceptors (Lipinski definition) is 8. The van der Waals surface area contributed by atoms with E-state index >= 15 is 0 Å². The number of aromatic nitrogens is 2. The summed E-state index contributed by atoms with van der Waals surface area (Å²) in [7, 11) is 1.29. The molecule has 0 bridgehead atoms. The number of esters is 1. The van der Waals surface area contributed by atoms with Crippen LogP contribution in [0.15, 0.2) is 38.8 Å². The molecule has 0 aliphatic carbocycles. The van der Waals surface area contributed by atoms with Crippen molar-refractivity contribution in [1.29, 1.82) is 0 Å². The van der Waals surface area contributed by atoms with Crippen LogP contribution in [0, 0.1) is 0 Å². The number of aryl methyl sites for hydroxylation is 1. The molecular formula is C15H13N2O5S-. The second-order valence-electron chi connectivity index (χ2n) is 4.33. The highest BCUT2D eigenvalue weighted by Gasteiger charge is 2.10. The molecule has 2 rings (SSSR count). The lowest BCUT2D eigenvalue weighted by molar-refractivity contribution is -0.298. The molecular weight excluding hydrogens is 320 g/mol. The van der Waals surface area contributed by atoms with Gasteiger partial charge in [-0.05, 0) is 35.5 Å². The zero-order valence-electron chi connectivity index (χ0n) is 12.4. The van der Waals surface area contributed by atoms with E-state index in [0.717, 1.165) is 11.8 Å². The number of carbonyl (C=O) groups excluding carboxylic acids is 2. The van der Waals surface area contributed by atoms with Gasteiger partial charge in [0, 0.05) is 11.3 Å². The lowest BCUT2D eigenvalue weighted by Gasteiger charge is -2.06. The Morgan fingerprint density at radius 1 is 1.30 bits per heavy atom. The molecule has 120 valence electrons. The van der Waals surface area contributed by atoms with E-state index in [0.29, 0.717) is 23.4 Å². The van der Waals surface area contributed by atoms with Gasteiger partial charge in [-0.2, -0.15) is 0 Å². The minimum atomic E-state index is -1.36. The average Bonchev–Trinajstić information content (AvgIpc) is 3.01. The summed E-state index contributed by atoms with van der Waals surface area (Å²) in [5.41, 5.74) is 0.955. The molecule has 1 aromatic heterocycles. The summed E-state index contributed by atoms with van der Waals surface area (Å²) in [6.07, 6.45) is 1.96. The topological polar surface area (TPSA) is 105 Å². The van der Waals surface area contributed by atoms with Crippen molar-refractivity contribution in [3.8, 4) is 0 Å². The summed E-state index contributed by atoms with van der Waals surface area (Å²) in [5.74, 6) is -1.40. The molecule has 0 saturated carbocycles. The van der Waals surface area contributed by atoms with Crippen molar-refractivity contribution in [2.75, 3.05) is 7.11 Å². The fourth-order valence-corrected chi connectivity index (χ4v) is 2.32. The molecule has 2 aromatic rings. The molecule has 0 N–H and O–H groups in total. The first-order valence-electron chi connectivity index (χ1n) is 6.65. The number of carboxylic acid groups (broad SMARTS) is 1. The van der Waals surface area contributed by atoms with E-state index in [-0.39, 0.29) is 10.1 Å². The van der Waals surface area contributed by atoms with E-state index in [1.807, 2.05) is 6.92 Å². The molecule has 8 heteroatoms. The van der Waals surface area contributed by atoms with E-state index in [1.165, 1.54) is 25.3 Å². The van der Waals surface area contributed by atoms with Gasteiger partial charge in [0.15, 0.2) is 0 Å². The molecule has 0 amide bonds. The zero-order valence-corrected chi connectivity index (χ0v) is 13.3. The maximum absolute atomic E-state index is 11.4. The summed E-state index contributed by atoms with van der Waals surface area (Å²) in [4.78, 5) is 22.5. The third kappa shape index (κ3) is 4.43. The molecule has 0 radical (unpaired) electrons. The highest BCUT2D eigenvalue weighted by molar-refractivity contribution is 8.03. The van der Waals surface area contributed by atoms with E-state index in [4.69, 9.17) is 4.42 Å². The van der Waals surface area contributed by atoms with Crippen molar-refractivity contribution in [1.82, 2.24) is 10.2 Å². The Balaban J connectivity index is 2.21. The summed E-state index contributed by atoms with van der Waals surface area (Å²) >= 11 is 0.810. The Bertz CT molecular complexity index is 737. The number of benzene rings is 1. The fraction of sp³-hybridized carbons (Fsp3) is 0.200. The summed E-state index contributed by atoms with van der Waals surface area (Å²) in [6, 6.07) is 6.27. The first-order valence-corrected chi connectivity index (χ1v) is 7.46. The van der Waals surface area contributed by atoms with Crippen LogP contribution in [0.25, 0.3) is 6.08 Å². The Labute approximate surface area is 136 Å². The van der Waals surface area contributed by atoms with Crippen LogP contribution in [0.2, 0.25) is 0 Å². The van der Waals surface area contributed by atoms with Crippen molar-refractivity contribution >= 4 is 29.8 Å². The number of methoxy groups -OCH3 is 1. The van der Waals surface area contributed by atoms with Gasteiger partial charge in [0.25, 0.3) is 5.22 Å². The van der Waals surface area contributed by atoms with Gasteiger partial charge >= 0.3 is 5.97 Å². The number of ether oxygens (including phenoxy) is 1. The number of hydrogen-bond donors (Lipinski definition) is 0. The van der Waals surface area contributed by atoms with Crippen molar-refractivity contribution in [2.45, 2.75) is 18.6 Å². The zero-order chi connectivity index (χ0) is 16.8. The SMILES string of the molecule is CCc1nnc(S/C(=C/c2ccc(C(=O)OC)cc2)C(=O)[O-])o1. The molecule has 0 unspecified atom stereocenters. The predicted octanol–water partition coefficient (Wildman–Crippen LogP) is 1.30. The maximum Gasteiger partial charge on any atom is 0.337 e. The minimum absolute atomic E-state index is 0.0814. The minimum Gasteiger partial charge on any atom is -0.544 e. The first kappa shape index (κ1) is 16.8. The van der Waals surface area contributed by atoms with Gasteiger partial charge in [0.05, 0.1) is 18.6 Å². The lowest BCUT2D eigenvalue weighted by Crippen LogP contribution is -2.23. The highest BCUT2D eigenvalue weighted by atomic mass is 32.2. The molecule has 0 aliphatic heterocycles. The number of aliphatic carboxylic acids is 1. The standard InChI is InChI=1S/C15H14N2O5S/c1-3-12-16-17-15(22-12)23-11(13(18)19)8-9-4-6-10(7-5-9)14(20)21-2/h4-8H,3H2,1-2H3,(H,18,19)/p-1/b11-8+. The molecule has 1 heterocycles. The van der Waals surface area contributed by atoms with Gasteiger partial charge in [-0.15, -0.1) is 10.2 Å². The second-order valence-corrected chi connectivity index (χ2v) is 5.32. The number of carbonyl (C=O) groups is 2. The second kappa shape index (κ2) is 7.59. The molecule has 23 heavy (non-hydrogen) atoms. The largest absolute Gasteiger partial charge is 0.544 e. The Morgan fingerprint density at radius 3 is 2.52 bits per heavy atom. The monoisotopic (exact) mass is 333 g/mol. The Morgan fingerprint density at radius 2 is 2.00 bits per heavy atom. The Hall–Kier alpha value is -2.61. The summed E-state index contributed by atoms with van der Waals surface area (Å²) < 4.78 is 9.86. The molecule has 0 aliphatic rings. The molecule has 0 fully saturated rings. The molecule has 0 spiro atoms. The van der Waals surface area contributed by atoms with E-state index in [1.54, 1.807) is 12.1 Å². The average molecular weight is 333 g/mol. The fourth-order valence-electron chi connectivity index (χ4n) is 1.63. The van der Waals surface area contributed by atoms with Gasteiger partial charge in [0.2, 0.25) is 5.89 Å². The van der Waals surface area contributed by atoms with Crippen molar-refractivity contribution in [3.05, 3.63) is 46.2 Å². The van der Waals surface area contributed by atoms with Crippen LogP contribution in [0.5, 0.6) is 0 Å². The van der Waals surface area contributed by atoms with Gasteiger partial charge in [0.1, 0.15) is 0 Å². The van der Waals surface area contributed by atoms with E-state index in [2.05, 4.69) is 14.9 Å². The van der Waals surface area contributed by atoms with Crippen LogP contribution in [-0.4, -0.2) is 29.2 Å². The van der Waals surface area contributed by atoms with Gasteiger partial charge < -0.3 is 19.1 Å². The molecule has 7 nitrogen and oxygen atoms in total. The van der Waals surface area contributed by atoms with Crippen LogP contribution in [0.3, 0.4) is 0 Å². The van der Waals surface area contributed by atoms with Crippen molar-refractivity contribution in [3.63, 3.8) is 0 Å². The van der Waals surface area contributed by atoms with Gasteiger partial charge in [-0.1, -0.05) is 19.1 Å². The smallest absolute Gasteiger partial charge is 0.337 e. The molecule has 0 saturated heterocycles. The van der Waals surface area contributed by atoms with Crippen molar-refractivity contribution in [2.24, 2.45) is 0 Å². The number of thioether (sulfide) groups is 1. The first-order chi connectivity index (χ1) is 11.0. The van der Waals surface area contributed by atoms with E-state index in [9.17, 15) is 14.7 Å². The quantitative estimate of drug-likeness (QED) is 0.442. The number of nitrogens with zero attached hydrogens (tertiary/aromatic N) is 2. The third-order valence-corrected chi connectivity index (χ3v) is 3.62. The van der Waals surface area contributed by atoms with Crippen molar-refractivity contribution < 1.29 is 23.8 Å². The van der Waals surface area contributed by atoms with Crippen LogP contribution in [-0.2, 0) is 16.0 Å². The number of rotatable bonds is 6.